The van der Waals surface area contributed by atoms with Crippen molar-refractivity contribution in [2.24, 2.45) is 5.73 Å². The molecule has 0 bridgehead atoms. The van der Waals surface area contributed by atoms with Crippen LogP contribution in [-0.4, -0.2) is 10.6 Å². The van der Waals surface area contributed by atoms with Crippen molar-refractivity contribution < 1.29 is 0 Å². The summed E-state index contributed by atoms with van der Waals surface area (Å²) in [5.74, 6) is 0. The van der Waals surface area contributed by atoms with Crippen LogP contribution >= 0.6 is 15.9 Å². The average molecular weight is 293 g/mol. The van der Waals surface area contributed by atoms with Gasteiger partial charge in [-0.3, -0.25) is 0 Å². The Morgan fingerprint density at radius 2 is 2.12 bits per heavy atom. The van der Waals surface area contributed by atoms with Gasteiger partial charge in [-0.25, -0.2) is 0 Å². The van der Waals surface area contributed by atoms with E-state index in [0.29, 0.717) is 0 Å². The number of hydrogen-bond acceptors (Lipinski definition) is 1. The van der Waals surface area contributed by atoms with E-state index >= 15 is 0 Å². The summed E-state index contributed by atoms with van der Waals surface area (Å²) in [6.07, 6.45) is 5.22. The van der Waals surface area contributed by atoms with Crippen molar-refractivity contribution >= 4 is 15.9 Å². The maximum absolute atomic E-state index is 5.79. The Bertz CT molecular complexity index is 488. The molecule has 1 unspecified atom stereocenters. The lowest BCUT2D eigenvalue weighted by Crippen LogP contribution is -2.17. The summed E-state index contributed by atoms with van der Waals surface area (Å²) in [7, 11) is 0. The first-order chi connectivity index (χ1) is 8.13. The van der Waals surface area contributed by atoms with Crippen LogP contribution in [0.5, 0.6) is 0 Å². The molecule has 1 aromatic heterocycles. The molecular weight excluding hydrogens is 276 g/mol. The zero-order valence-electron chi connectivity index (χ0n) is 9.94. The number of halogens is 1. The van der Waals surface area contributed by atoms with Crippen LogP contribution in [-0.2, 0) is 13.0 Å². The summed E-state index contributed by atoms with van der Waals surface area (Å²) in [6.45, 7) is 2.93. The highest BCUT2D eigenvalue weighted by Gasteiger charge is 2.01. The van der Waals surface area contributed by atoms with E-state index in [0.717, 1.165) is 17.4 Å². The smallest absolute Gasteiger partial charge is 0.0470 e. The van der Waals surface area contributed by atoms with Crippen molar-refractivity contribution in [1.82, 2.24) is 4.57 Å². The Morgan fingerprint density at radius 1 is 1.29 bits per heavy atom. The van der Waals surface area contributed by atoms with E-state index in [1.54, 1.807) is 0 Å². The Labute approximate surface area is 111 Å². The normalized spacial score (nSPS) is 12.6. The highest BCUT2D eigenvalue weighted by atomic mass is 79.9. The first-order valence-corrected chi connectivity index (χ1v) is 6.57. The van der Waals surface area contributed by atoms with Crippen LogP contribution < -0.4 is 5.73 Å². The fourth-order valence-corrected chi connectivity index (χ4v) is 2.37. The maximum atomic E-state index is 5.79. The van der Waals surface area contributed by atoms with Gasteiger partial charge in [0, 0.05) is 29.5 Å². The number of nitrogens with zero attached hydrogens (tertiary/aromatic N) is 1. The van der Waals surface area contributed by atoms with Crippen LogP contribution in [0.3, 0.4) is 0 Å². The van der Waals surface area contributed by atoms with Crippen LogP contribution in [0.4, 0.5) is 0 Å². The highest BCUT2D eigenvalue weighted by molar-refractivity contribution is 9.10. The van der Waals surface area contributed by atoms with Gasteiger partial charge in [-0.15, -0.1) is 0 Å². The third-order valence-electron chi connectivity index (χ3n) is 2.62. The van der Waals surface area contributed by atoms with Gasteiger partial charge in [0.1, 0.15) is 0 Å². The van der Waals surface area contributed by atoms with Gasteiger partial charge in [-0.05, 0) is 42.7 Å². The van der Waals surface area contributed by atoms with Crippen molar-refractivity contribution in [2.45, 2.75) is 25.9 Å². The van der Waals surface area contributed by atoms with Crippen molar-refractivity contribution in [3.05, 3.63) is 58.3 Å². The molecule has 90 valence electrons. The fraction of sp³-hybridized carbons (Fsp3) is 0.286. The van der Waals surface area contributed by atoms with Crippen LogP contribution in [0.2, 0.25) is 0 Å². The van der Waals surface area contributed by atoms with Gasteiger partial charge in [-0.2, -0.15) is 0 Å². The molecule has 0 spiro atoms. The molecule has 0 fully saturated rings. The SMILES string of the molecule is CC(N)Cc1ccn(Cc2cccc(Br)c2)c1. The number of aromatic nitrogens is 1. The van der Waals surface area contributed by atoms with Crippen LogP contribution in [0.25, 0.3) is 0 Å². The van der Waals surface area contributed by atoms with E-state index in [1.165, 1.54) is 11.1 Å². The fourth-order valence-electron chi connectivity index (χ4n) is 1.93. The Hall–Kier alpha value is -1.06. The van der Waals surface area contributed by atoms with E-state index in [2.05, 4.69) is 57.2 Å². The van der Waals surface area contributed by atoms with E-state index < -0.39 is 0 Å². The standard InChI is InChI=1S/C14H17BrN2/c1-11(16)7-13-5-6-17(10-13)9-12-3-2-4-14(15)8-12/h2-6,8,10-11H,7,9,16H2,1H3. The third-order valence-corrected chi connectivity index (χ3v) is 3.12. The van der Waals surface area contributed by atoms with Crippen molar-refractivity contribution in [3.63, 3.8) is 0 Å². The zero-order valence-corrected chi connectivity index (χ0v) is 11.5. The molecule has 0 saturated carbocycles. The maximum Gasteiger partial charge on any atom is 0.0470 e. The number of hydrogen-bond donors (Lipinski definition) is 1. The Balaban J connectivity index is 2.06. The number of nitrogens with two attached hydrogens (primary N) is 1. The van der Waals surface area contributed by atoms with Gasteiger partial charge in [0.15, 0.2) is 0 Å². The molecular formula is C14H17BrN2. The summed E-state index contributed by atoms with van der Waals surface area (Å²) in [5.41, 5.74) is 8.39. The Morgan fingerprint density at radius 3 is 2.82 bits per heavy atom. The first kappa shape index (κ1) is 12.4. The van der Waals surface area contributed by atoms with Crippen LogP contribution in [0.1, 0.15) is 18.1 Å². The average Bonchev–Trinajstić information content (AvgIpc) is 2.64. The van der Waals surface area contributed by atoms with Gasteiger partial charge < -0.3 is 10.3 Å². The van der Waals surface area contributed by atoms with E-state index in [1.807, 2.05) is 13.0 Å². The van der Waals surface area contributed by atoms with Crippen molar-refractivity contribution in [2.75, 3.05) is 0 Å². The summed E-state index contributed by atoms with van der Waals surface area (Å²) in [4.78, 5) is 0. The number of benzene rings is 1. The van der Waals surface area contributed by atoms with Gasteiger partial charge in [0.25, 0.3) is 0 Å². The van der Waals surface area contributed by atoms with Crippen LogP contribution in [0, 0.1) is 0 Å². The predicted octanol–water partition coefficient (Wildman–Crippen LogP) is 3.19. The van der Waals surface area contributed by atoms with Crippen molar-refractivity contribution in [3.8, 4) is 0 Å². The minimum atomic E-state index is 0.219. The topological polar surface area (TPSA) is 30.9 Å². The molecule has 2 aromatic rings. The molecule has 1 atom stereocenters. The second-order valence-corrected chi connectivity index (χ2v) is 5.42. The second-order valence-electron chi connectivity index (χ2n) is 4.50. The van der Waals surface area contributed by atoms with Gasteiger partial charge in [-0.1, -0.05) is 28.1 Å². The molecule has 1 heterocycles. The molecule has 0 aliphatic carbocycles. The molecule has 0 aliphatic rings. The summed E-state index contributed by atoms with van der Waals surface area (Å²) < 4.78 is 3.32. The summed E-state index contributed by atoms with van der Waals surface area (Å²) in [6, 6.07) is 10.7. The molecule has 0 amide bonds. The molecule has 0 saturated heterocycles. The predicted molar refractivity (Wildman–Crippen MR) is 75.0 cm³/mol. The molecule has 2 nitrogen and oxygen atoms in total. The molecule has 17 heavy (non-hydrogen) atoms. The van der Waals surface area contributed by atoms with E-state index in [-0.39, 0.29) is 6.04 Å². The first-order valence-electron chi connectivity index (χ1n) is 5.78. The Kier molecular flexibility index (Phi) is 4.02. The molecule has 0 radical (unpaired) electrons. The molecule has 2 N–H and O–H groups in total. The summed E-state index contributed by atoms with van der Waals surface area (Å²) in [5, 5.41) is 0. The molecule has 1 aromatic carbocycles. The van der Waals surface area contributed by atoms with Gasteiger partial charge in [0.05, 0.1) is 0 Å². The second kappa shape index (κ2) is 5.52. The lowest BCUT2D eigenvalue weighted by Gasteiger charge is -2.04. The van der Waals surface area contributed by atoms with Gasteiger partial charge in [0.2, 0.25) is 0 Å². The minimum absolute atomic E-state index is 0.219. The van der Waals surface area contributed by atoms with Crippen LogP contribution in [0.15, 0.2) is 47.2 Å². The van der Waals surface area contributed by atoms with Gasteiger partial charge >= 0.3 is 0 Å². The van der Waals surface area contributed by atoms with Crippen molar-refractivity contribution in [1.29, 1.82) is 0 Å². The summed E-state index contributed by atoms with van der Waals surface area (Å²) >= 11 is 3.49. The van der Waals surface area contributed by atoms with E-state index in [4.69, 9.17) is 5.73 Å². The number of rotatable bonds is 4. The lowest BCUT2D eigenvalue weighted by atomic mass is 10.1. The van der Waals surface area contributed by atoms with E-state index in [9.17, 15) is 0 Å². The molecule has 2 rings (SSSR count). The monoisotopic (exact) mass is 292 g/mol. The largest absolute Gasteiger partial charge is 0.350 e. The zero-order chi connectivity index (χ0) is 12.3. The minimum Gasteiger partial charge on any atom is -0.350 e. The third kappa shape index (κ3) is 3.72. The quantitative estimate of drug-likeness (QED) is 0.922. The highest BCUT2D eigenvalue weighted by Crippen LogP contribution is 2.13. The lowest BCUT2D eigenvalue weighted by molar-refractivity contribution is 0.732. The molecule has 0 aliphatic heterocycles. The molecule has 3 heteroatoms.